The summed E-state index contributed by atoms with van der Waals surface area (Å²) in [7, 11) is -2.25. The summed E-state index contributed by atoms with van der Waals surface area (Å²) in [4.78, 5) is 14.6. The summed E-state index contributed by atoms with van der Waals surface area (Å²) in [6.07, 6.45) is 4.02. The van der Waals surface area contributed by atoms with E-state index in [9.17, 15) is 17.6 Å². The molecule has 150 valence electrons. The Bertz CT molecular complexity index is 921. The van der Waals surface area contributed by atoms with Crippen LogP contribution in [0.1, 0.15) is 31.2 Å². The summed E-state index contributed by atoms with van der Waals surface area (Å²) in [5.74, 6) is -0.738. The van der Waals surface area contributed by atoms with Crippen LogP contribution in [0.4, 0.5) is 10.1 Å². The van der Waals surface area contributed by atoms with E-state index >= 15 is 0 Å². The van der Waals surface area contributed by atoms with E-state index in [1.54, 1.807) is 24.1 Å². The average Bonchev–Trinajstić information content (AvgIpc) is 3.21. The van der Waals surface area contributed by atoms with Gasteiger partial charge in [-0.15, -0.1) is 0 Å². The summed E-state index contributed by atoms with van der Waals surface area (Å²) in [6.45, 7) is 1.54. The molecule has 7 heteroatoms. The molecule has 3 rings (SSSR count). The van der Waals surface area contributed by atoms with E-state index in [1.807, 2.05) is 6.92 Å². The van der Waals surface area contributed by atoms with Crippen molar-refractivity contribution in [2.75, 3.05) is 17.9 Å². The number of likely N-dealkylation sites (N-methyl/N-ethyl adjacent to an activating group) is 1. The SMILES string of the molecule is Cc1ccc(S(=O)(=O)N(CC(=O)N(C)C2CCCC2)c2ccc(F)cc2)cc1. The Morgan fingerprint density at radius 1 is 1.04 bits per heavy atom. The van der Waals surface area contributed by atoms with Crippen LogP contribution in [0.3, 0.4) is 0 Å². The van der Waals surface area contributed by atoms with Gasteiger partial charge in [0.15, 0.2) is 0 Å². The number of aryl methyl sites for hydroxylation is 1. The predicted molar refractivity (Wildman–Crippen MR) is 107 cm³/mol. The third kappa shape index (κ3) is 4.35. The molecule has 2 aromatic rings. The predicted octanol–water partition coefficient (Wildman–Crippen LogP) is 3.73. The molecule has 0 bridgehead atoms. The van der Waals surface area contributed by atoms with Crippen LogP contribution in [0.5, 0.6) is 0 Å². The highest BCUT2D eigenvalue weighted by molar-refractivity contribution is 7.92. The maximum absolute atomic E-state index is 13.4. The minimum Gasteiger partial charge on any atom is -0.341 e. The molecule has 0 aromatic heterocycles. The number of benzene rings is 2. The van der Waals surface area contributed by atoms with Crippen LogP contribution in [-0.2, 0) is 14.8 Å². The zero-order valence-corrected chi connectivity index (χ0v) is 17.0. The lowest BCUT2D eigenvalue weighted by Gasteiger charge is -2.29. The number of hydrogen-bond donors (Lipinski definition) is 0. The number of rotatable bonds is 6. The summed E-state index contributed by atoms with van der Waals surface area (Å²) in [5, 5.41) is 0. The van der Waals surface area contributed by atoms with Crippen molar-refractivity contribution in [3.05, 3.63) is 59.9 Å². The van der Waals surface area contributed by atoms with Crippen molar-refractivity contribution in [1.82, 2.24) is 4.90 Å². The summed E-state index contributed by atoms with van der Waals surface area (Å²) in [5.41, 5.74) is 1.19. The van der Waals surface area contributed by atoms with Gasteiger partial charge in [-0.25, -0.2) is 12.8 Å². The van der Waals surface area contributed by atoms with Crippen LogP contribution in [0.25, 0.3) is 0 Å². The minimum absolute atomic E-state index is 0.0961. The fourth-order valence-electron chi connectivity index (χ4n) is 3.49. The van der Waals surface area contributed by atoms with Gasteiger partial charge in [0.05, 0.1) is 10.6 Å². The molecule has 0 radical (unpaired) electrons. The van der Waals surface area contributed by atoms with Crippen molar-refractivity contribution in [2.24, 2.45) is 0 Å². The third-order valence-electron chi connectivity index (χ3n) is 5.27. The van der Waals surface area contributed by atoms with Gasteiger partial charge in [0.1, 0.15) is 12.4 Å². The van der Waals surface area contributed by atoms with E-state index in [0.29, 0.717) is 0 Å². The smallest absolute Gasteiger partial charge is 0.264 e. The zero-order chi connectivity index (χ0) is 20.3. The van der Waals surface area contributed by atoms with Crippen molar-refractivity contribution < 1.29 is 17.6 Å². The molecule has 1 aliphatic carbocycles. The van der Waals surface area contributed by atoms with Gasteiger partial charge >= 0.3 is 0 Å². The fourth-order valence-corrected chi connectivity index (χ4v) is 4.90. The van der Waals surface area contributed by atoms with Crippen LogP contribution in [0.2, 0.25) is 0 Å². The van der Waals surface area contributed by atoms with Gasteiger partial charge in [-0.3, -0.25) is 9.10 Å². The van der Waals surface area contributed by atoms with Gasteiger partial charge in [-0.1, -0.05) is 30.5 Å². The quantitative estimate of drug-likeness (QED) is 0.737. The number of carbonyl (C=O) groups excluding carboxylic acids is 1. The maximum atomic E-state index is 13.4. The molecule has 1 aliphatic rings. The van der Waals surface area contributed by atoms with E-state index in [0.717, 1.165) is 35.6 Å². The topological polar surface area (TPSA) is 57.7 Å². The number of carbonyl (C=O) groups is 1. The Kier molecular flexibility index (Phi) is 6.03. The number of hydrogen-bond acceptors (Lipinski definition) is 3. The van der Waals surface area contributed by atoms with E-state index in [2.05, 4.69) is 0 Å². The van der Waals surface area contributed by atoms with Crippen molar-refractivity contribution in [2.45, 2.75) is 43.5 Å². The van der Waals surface area contributed by atoms with Gasteiger partial charge in [-0.05, 0) is 56.2 Å². The first-order valence-electron chi connectivity index (χ1n) is 9.39. The van der Waals surface area contributed by atoms with E-state index < -0.39 is 15.8 Å². The molecule has 0 N–H and O–H groups in total. The molecule has 28 heavy (non-hydrogen) atoms. The second-order valence-electron chi connectivity index (χ2n) is 7.24. The van der Waals surface area contributed by atoms with Gasteiger partial charge in [-0.2, -0.15) is 0 Å². The van der Waals surface area contributed by atoms with Crippen molar-refractivity contribution in [3.8, 4) is 0 Å². The molecule has 0 aliphatic heterocycles. The largest absolute Gasteiger partial charge is 0.341 e. The minimum atomic E-state index is -3.97. The highest BCUT2D eigenvalue weighted by atomic mass is 32.2. The molecule has 1 fully saturated rings. The van der Waals surface area contributed by atoms with Gasteiger partial charge in [0.2, 0.25) is 5.91 Å². The summed E-state index contributed by atoms with van der Waals surface area (Å²) in [6, 6.07) is 11.7. The molecular formula is C21H25FN2O3S. The van der Waals surface area contributed by atoms with Crippen LogP contribution in [0, 0.1) is 12.7 Å². The monoisotopic (exact) mass is 404 g/mol. The molecular weight excluding hydrogens is 379 g/mol. The number of anilines is 1. The summed E-state index contributed by atoms with van der Waals surface area (Å²) >= 11 is 0. The normalized spacial score (nSPS) is 14.8. The Labute approximate surface area is 165 Å². The first kappa shape index (κ1) is 20.3. The first-order chi connectivity index (χ1) is 13.3. The van der Waals surface area contributed by atoms with E-state index in [1.165, 1.54) is 36.4 Å². The standard InChI is InChI=1S/C21H25FN2O3S/c1-16-7-13-20(14-8-16)28(26,27)24(19-11-9-17(22)10-12-19)15-21(25)23(2)18-5-3-4-6-18/h7-14,18H,3-6,15H2,1-2H3. The molecule has 1 amide bonds. The molecule has 1 saturated carbocycles. The highest BCUT2D eigenvalue weighted by Gasteiger charge is 2.30. The Balaban J connectivity index is 1.94. The van der Waals surface area contributed by atoms with E-state index in [4.69, 9.17) is 0 Å². The van der Waals surface area contributed by atoms with Gasteiger partial charge in [0, 0.05) is 13.1 Å². The average molecular weight is 405 g/mol. The lowest BCUT2D eigenvalue weighted by molar-refractivity contribution is -0.130. The summed E-state index contributed by atoms with van der Waals surface area (Å²) < 4.78 is 41.0. The van der Waals surface area contributed by atoms with Gasteiger partial charge in [0.25, 0.3) is 10.0 Å². The van der Waals surface area contributed by atoms with Crippen molar-refractivity contribution in [1.29, 1.82) is 0 Å². The number of amides is 1. The van der Waals surface area contributed by atoms with Gasteiger partial charge < -0.3 is 4.90 Å². The molecule has 0 atom stereocenters. The molecule has 2 aromatic carbocycles. The number of sulfonamides is 1. The maximum Gasteiger partial charge on any atom is 0.264 e. The molecule has 0 spiro atoms. The Morgan fingerprint density at radius 2 is 1.61 bits per heavy atom. The lowest BCUT2D eigenvalue weighted by atomic mass is 10.2. The Hall–Kier alpha value is -2.41. The first-order valence-corrected chi connectivity index (χ1v) is 10.8. The highest BCUT2D eigenvalue weighted by Crippen LogP contribution is 2.26. The van der Waals surface area contributed by atoms with Crippen molar-refractivity contribution in [3.63, 3.8) is 0 Å². The van der Waals surface area contributed by atoms with E-state index in [-0.39, 0.29) is 29.1 Å². The zero-order valence-electron chi connectivity index (χ0n) is 16.1. The van der Waals surface area contributed by atoms with Crippen LogP contribution < -0.4 is 4.31 Å². The molecule has 5 nitrogen and oxygen atoms in total. The second kappa shape index (κ2) is 8.31. The van der Waals surface area contributed by atoms with Crippen molar-refractivity contribution >= 4 is 21.6 Å². The molecule has 0 unspecified atom stereocenters. The second-order valence-corrected chi connectivity index (χ2v) is 9.11. The lowest BCUT2D eigenvalue weighted by Crippen LogP contribution is -2.44. The molecule has 0 heterocycles. The van der Waals surface area contributed by atoms with Crippen LogP contribution in [-0.4, -0.2) is 38.9 Å². The third-order valence-corrected chi connectivity index (χ3v) is 7.06. The van der Waals surface area contributed by atoms with Crippen LogP contribution in [0.15, 0.2) is 53.4 Å². The molecule has 0 saturated heterocycles. The Morgan fingerprint density at radius 3 is 2.18 bits per heavy atom. The number of halogens is 1. The van der Waals surface area contributed by atoms with Crippen LogP contribution >= 0.6 is 0 Å². The fraction of sp³-hybridized carbons (Fsp3) is 0.381. The number of nitrogens with zero attached hydrogens (tertiary/aromatic N) is 2.